The van der Waals surface area contributed by atoms with Crippen LogP contribution in [0.4, 0.5) is 5.69 Å². The van der Waals surface area contributed by atoms with E-state index in [1.165, 1.54) is 6.08 Å². The Balaban J connectivity index is 2.70. The molecule has 0 bridgehead atoms. The van der Waals surface area contributed by atoms with Gasteiger partial charge in [0.1, 0.15) is 0 Å². The van der Waals surface area contributed by atoms with Crippen LogP contribution in [0.2, 0.25) is 0 Å². The fraction of sp³-hybridized carbons (Fsp3) is 0.333. The summed E-state index contributed by atoms with van der Waals surface area (Å²) in [6.45, 7) is 7.11. The number of carbonyl (C=O) groups is 2. The number of benzene rings is 1. The second-order valence-electron chi connectivity index (χ2n) is 4.78. The summed E-state index contributed by atoms with van der Waals surface area (Å²) >= 11 is 0. The van der Waals surface area contributed by atoms with Gasteiger partial charge in [-0.3, -0.25) is 9.59 Å². The number of rotatable bonds is 6. The van der Waals surface area contributed by atoms with Crippen molar-refractivity contribution < 1.29 is 14.7 Å². The predicted molar refractivity (Wildman–Crippen MR) is 78.4 cm³/mol. The molecule has 0 fully saturated rings. The van der Waals surface area contributed by atoms with Crippen molar-refractivity contribution >= 4 is 17.5 Å². The van der Waals surface area contributed by atoms with Crippen molar-refractivity contribution in [1.82, 2.24) is 5.32 Å². The summed E-state index contributed by atoms with van der Waals surface area (Å²) in [7, 11) is 0. The van der Waals surface area contributed by atoms with Gasteiger partial charge in [-0.05, 0) is 36.3 Å². The summed E-state index contributed by atoms with van der Waals surface area (Å²) in [5.74, 6) is -0.406. The number of carbonyl (C=O) groups excluding carboxylic acids is 2. The monoisotopic (exact) mass is 276 g/mol. The second kappa shape index (κ2) is 7.45. The largest absolute Gasteiger partial charge is 0.394 e. The molecule has 2 amide bonds. The molecule has 5 nitrogen and oxygen atoms in total. The van der Waals surface area contributed by atoms with E-state index in [0.29, 0.717) is 11.3 Å². The van der Waals surface area contributed by atoms with Gasteiger partial charge in [-0.15, -0.1) is 0 Å². The van der Waals surface area contributed by atoms with Crippen molar-refractivity contribution in [2.24, 2.45) is 5.92 Å². The van der Waals surface area contributed by atoms with Crippen molar-refractivity contribution in [2.75, 3.05) is 11.9 Å². The first kappa shape index (κ1) is 15.9. The molecule has 108 valence electrons. The topological polar surface area (TPSA) is 78.4 Å². The Bertz CT molecular complexity index is 480. The van der Waals surface area contributed by atoms with Crippen LogP contribution in [0.3, 0.4) is 0 Å². The van der Waals surface area contributed by atoms with Crippen LogP contribution in [0.25, 0.3) is 0 Å². The fourth-order valence-corrected chi connectivity index (χ4v) is 1.57. The van der Waals surface area contributed by atoms with Gasteiger partial charge >= 0.3 is 0 Å². The lowest BCUT2D eigenvalue weighted by molar-refractivity contribution is -0.111. The van der Waals surface area contributed by atoms with E-state index in [-0.39, 0.29) is 30.4 Å². The average Bonchev–Trinajstić information content (AvgIpc) is 2.44. The maximum atomic E-state index is 12.0. The summed E-state index contributed by atoms with van der Waals surface area (Å²) < 4.78 is 0. The number of hydrogen-bond donors (Lipinski definition) is 3. The minimum Gasteiger partial charge on any atom is -0.394 e. The smallest absolute Gasteiger partial charge is 0.251 e. The second-order valence-corrected chi connectivity index (χ2v) is 4.78. The van der Waals surface area contributed by atoms with Crippen molar-refractivity contribution in [3.63, 3.8) is 0 Å². The van der Waals surface area contributed by atoms with Crippen LogP contribution >= 0.6 is 0 Å². The van der Waals surface area contributed by atoms with E-state index in [1.807, 2.05) is 13.8 Å². The zero-order chi connectivity index (χ0) is 15.1. The number of aliphatic hydroxyl groups excluding tert-OH is 1. The third-order valence-electron chi connectivity index (χ3n) is 2.92. The third kappa shape index (κ3) is 4.51. The summed E-state index contributed by atoms with van der Waals surface area (Å²) in [6, 6.07) is 6.23. The molecule has 0 unspecified atom stereocenters. The highest BCUT2D eigenvalue weighted by atomic mass is 16.3. The van der Waals surface area contributed by atoms with Gasteiger partial charge in [0.2, 0.25) is 5.91 Å². The van der Waals surface area contributed by atoms with E-state index in [9.17, 15) is 14.7 Å². The van der Waals surface area contributed by atoms with E-state index in [2.05, 4.69) is 17.2 Å². The van der Waals surface area contributed by atoms with E-state index in [0.717, 1.165) is 0 Å². The van der Waals surface area contributed by atoms with Crippen LogP contribution in [-0.4, -0.2) is 29.6 Å². The Morgan fingerprint density at radius 2 is 1.90 bits per heavy atom. The fourth-order valence-electron chi connectivity index (χ4n) is 1.57. The molecule has 20 heavy (non-hydrogen) atoms. The highest BCUT2D eigenvalue weighted by Gasteiger charge is 2.16. The van der Waals surface area contributed by atoms with Gasteiger partial charge in [0.25, 0.3) is 5.91 Å². The molecule has 0 saturated carbocycles. The standard InChI is InChI=1S/C15H20N2O3/c1-4-14(19)16-12-7-5-11(6-8-12)15(20)17-13(9-18)10(2)3/h4-8,10,13,18H,1,9H2,2-3H3,(H,16,19)(H,17,20)/t13-/m1/s1. The van der Waals surface area contributed by atoms with Crippen LogP contribution in [0.1, 0.15) is 24.2 Å². The summed E-state index contributed by atoms with van der Waals surface area (Å²) in [5, 5.41) is 14.6. The quantitative estimate of drug-likeness (QED) is 0.690. The molecular formula is C15H20N2O3. The Hall–Kier alpha value is -2.14. The van der Waals surface area contributed by atoms with E-state index in [1.54, 1.807) is 24.3 Å². The first-order chi connectivity index (χ1) is 9.47. The summed E-state index contributed by atoms with van der Waals surface area (Å²) in [5.41, 5.74) is 1.06. The lowest BCUT2D eigenvalue weighted by Gasteiger charge is -2.19. The molecule has 0 radical (unpaired) electrons. The lowest BCUT2D eigenvalue weighted by atomic mass is 10.0. The molecular weight excluding hydrogens is 256 g/mol. The molecule has 3 N–H and O–H groups in total. The van der Waals surface area contributed by atoms with Crippen molar-refractivity contribution in [2.45, 2.75) is 19.9 Å². The van der Waals surface area contributed by atoms with E-state index >= 15 is 0 Å². The SMILES string of the molecule is C=CC(=O)Nc1ccc(C(=O)N[C@H](CO)C(C)C)cc1. The highest BCUT2D eigenvalue weighted by Crippen LogP contribution is 2.10. The van der Waals surface area contributed by atoms with Gasteiger partial charge in [0, 0.05) is 11.3 Å². The minimum absolute atomic E-state index is 0.100. The zero-order valence-corrected chi connectivity index (χ0v) is 11.7. The number of aliphatic hydroxyl groups is 1. The normalized spacial score (nSPS) is 11.8. The molecule has 5 heteroatoms. The molecule has 0 saturated heterocycles. The Morgan fingerprint density at radius 1 is 1.30 bits per heavy atom. The Labute approximate surface area is 118 Å². The lowest BCUT2D eigenvalue weighted by Crippen LogP contribution is -2.41. The van der Waals surface area contributed by atoms with Crippen LogP contribution in [0.5, 0.6) is 0 Å². The molecule has 0 aliphatic heterocycles. The number of amides is 2. The molecule has 0 heterocycles. The van der Waals surface area contributed by atoms with Crippen molar-refractivity contribution in [3.05, 3.63) is 42.5 Å². The molecule has 0 aliphatic rings. The van der Waals surface area contributed by atoms with Gasteiger partial charge < -0.3 is 15.7 Å². The van der Waals surface area contributed by atoms with E-state index < -0.39 is 0 Å². The molecule has 0 aliphatic carbocycles. The molecule has 1 aromatic carbocycles. The highest BCUT2D eigenvalue weighted by molar-refractivity contribution is 5.99. The van der Waals surface area contributed by atoms with Gasteiger partial charge in [-0.1, -0.05) is 20.4 Å². The van der Waals surface area contributed by atoms with Crippen LogP contribution in [-0.2, 0) is 4.79 Å². The Kier molecular flexibility index (Phi) is 5.93. The number of nitrogens with one attached hydrogen (secondary N) is 2. The molecule has 0 spiro atoms. The first-order valence-electron chi connectivity index (χ1n) is 6.43. The maximum Gasteiger partial charge on any atom is 0.251 e. The molecule has 1 aromatic rings. The summed E-state index contributed by atoms with van der Waals surface area (Å²) in [6.07, 6.45) is 1.18. The number of anilines is 1. The van der Waals surface area contributed by atoms with Gasteiger partial charge in [0.05, 0.1) is 12.6 Å². The van der Waals surface area contributed by atoms with E-state index in [4.69, 9.17) is 0 Å². The van der Waals surface area contributed by atoms with Gasteiger partial charge in [0.15, 0.2) is 0 Å². The van der Waals surface area contributed by atoms with Crippen molar-refractivity contribution in [3.8, 4) is 0 Å². The summed E-state index contributed by atoms with van der Waals surface area (Å²) in [4.78, 5) is 23.1. The molecule has 1 rings (SSSR count). The molecule has 0 aromatic heterocycles. The van der Waals surface area contributed by atoms with Crippen LogP contribution in [0.15, 0.2) is 36.9 Å². The maximum absolute atomic E-state index is 12.0. The minimum atomic E-state index is -0.303. The molecule has 1 atom stereocenters. The van der Waals surface area contributed by atoms with Crippen molar-refractivity contribution in [1.29, 1.82) is 0 Å². The average molecular weight is 276 g/mol. The Morgan fingerprint density at radius 3 is 2.35 bits per heavy atom. The van der Waals surface area contributed by atoms with Crippen LogP contribution in [0, 0.1) is 5.92 Å². The number of hydrogen-bond acceptors (Lipinski definition) is 3. The zero-order valence-electron chi connectivity index (χ0n) is 11.7. The van der Waals surface area contributed by atoms with Gasteiger partial charge in [-0.25, -0.2) is 0 Å². The predicted octanol–water partition coefficient (Wildman–Crippen LogP) is 1.56. The van der Waals surface area contributed by atoms with Crippen LogP contribution < -0.4 is 10.6 Å². The third-order valence-corrected chi connectivity index (χ3v) is 2.92. The first-order valence-corrected chi connectivity index (χ1v) is 6.43. The van der Waals surface area contributed by atoms with Gasteiger partial charge in [-0.2, -0.15) is 0 Å².